The summed E-state index contributed by atoms with van der Waals surface area (Å²) in [5, 5.41) is 16.7. The molecule has 0 aliphatic rings. The summed E-state index contributed by atoms with van der Waals surface area (Å²) in [5.74, 6) is -1.57. The van der Waals surface area contributed by atoms with Crippen molar-refractivity contribution in [2.75, 3.05) is 0 Å². The maximum Gasteiger partial charge on any atom is 0.333 e. The number of hydrogen-bond donors (Lipinski definition) is 2. The van der Waals surface area contributed by atoms with Gasteiger partial charge in [0.1, 0.15) is 0 Å². The molecule has 0 saturated heterocycles. The van der Waals surface area contributed by atoms with Crippen LogP contribution in [0.2, 0.25) is 10.0 Å². The molecule has 2 rings (SSSR count). The lowest BCUT2D eigenvalue weighted by atomic mass is 9.91. The molecule has 0 bridgehead atoms. The minimum atomic E-state index is -1.60. The Bertz CT molecular complexity index is 776. The third-order valence-electron chi connectivity index (χ3n) is 3.84. The summed E-state index contributed by atoms with van der Waals surface area (Å²) in [6, 6.07) is 6.29. The van der Waals surface area contributed by atoms with Crippen LogP contribution < -0.4 is 5.32 Å². The number of aliphatic carboxylic acids is 1. The van der Waals surface area contributed by atoms with Gasteiger partial charge < -0.3 is 10.4 Å². The highest BCUT2D eigenvalue weighted by molar-refractivity contribution is 6.42. The lowest BCUT2D eigenvalue weighted by molar-refractivity contribution is -0.147. The summed E-state index contributed by atoms with van der Waals surface area (Å²) in [5.41, 5.74) is -0.368. The lowest BCUT2D eigenvalue weighted by Crippen LogP contribution is -2.49. The molecule has 1 aromatic heterocycles. The maximum atomic E-state index is 12.2. The normalized spacial score (nSPS) is 13.3. The molecule has 0 saturated carbocycles. The molecule has 24 heavy (non-hydrogen) atoms. The summed E-state index contributed by atoms with van der Waals surface area (Å²) in [7, 11) is 1.78. The zero-order valence-corrected chi connectivity index (χ0v) is 14.7. The molecule has 6 nitrogen and oxygen atoms in total. The molecule has 1 heterocycles. The van der Waals surface area contributed by atoms with E-state index in [4.69, 9.17) is 23.2 Å². The fourth-order valence-electron chi connectivity index (χ4n) is 2.29. The number of carboxylic acids is 1. The number of halogens is 2. The van der Waals surface area contributed by atoms with E-state index in [0.29, 0.717) is 17.0 Å². The first-order chi connectivity index (χ1) is 11.2. The molecule has 1 amide bonds. The molecular formula is C16H17Cl2N3O3. The van der Waals surface area contributed by atoms with Gasteiger partial charge in [-0.2, -0.15) is 5.10 Å². The van der Waals surface area contributed by atoms with E-state index in [-0.39, 0.29) is 17.4 Å². The van der Waals surface area contributed by atoms with E-state index in [9.17, 15) is 14.7 Å². The highest BCUT2D eigenvalue weighted by atomic mass is 35.5. The van der Waals surface area contributed by atoms with Gasteiger partial charge in [0.2, 0.25) is 5.91 Å². The monoisotopic (exact) mass is 369 g/mol. The number of aryl methyl sites for hydroxylation is 2. The van der Waals surface area contributed by atoms with E-state index < -0.39 is 11.5 Å². The first-order valence-electron chi connectivity index (χ1n) is 7.21. The highest BCUT2D eigenvalue weighted by Crippen LogP contribution is 2.29. The lowest BCUT2D eigenvalue weighted by Gasteiger charge is -2.27. The standard InChI is InChI=1S/C16H17Cl2N3O3/c1-16(15(23)24,10-3-5-12(17)13(18)9-10)20-14(22)6-4-11-7-8-19-21(11)2/h3,5,7-9H,4,6H2,1-2H3,(H,20,22)(H,23,24). The molecular weight excluding hydrogens is 353 g/mol. The smallest absolute Gasteiger partial charge is 0.333 e. The van der Waals surface area contributed by atoms with Crippen LogP contribution in [0.4, 0.5) is 0 Å². The fraction of sp³-hybridized carbons (Fsp3) is 0.312. The first kappa shape index (κ1) is 18.3. The van der Waals surface area contributed by atoms with Gasteiger partial charge >= 0.3 is 5.97 Å². The second kappa shape index (κ2) is 7.23. The van der Waals surface area contributed by atoms with Crippen molar-refractivity contribution in [1.82, 2.24) is 15.1 Å². The van der Waals surface area contributed by atoms with Gasteiger partial charge in [0, 0.05) is 25.4 Å². The molecule has 8 heteroatoms. The van der Waals surface area contributed by atoms with E-state index in [1.165, 1.54) is 25.1 Å². The number of rotatable bonds is 6. The first-order valence-corrected chi connectivity index (χ1v) is 7.96. The van der Waals surface area contributed by atoms with Gasteiger partial charge in [-0.15, -0.1) is 0 Å². The molecule has 2 aromatic rings. The number of amides is 1. The number of nitrogens with zero attached hydrogens (tertiary/aromatic N) is 2. The van der Waals surface area contributed by atoms with Gasteiger partial charge in [-0.1, -0.05) is 29.3 Å². The number of aromatic nitrogens is 2. The third-order valence-corrected chi connectivity index (χ3v) is 4.58. The molecule has 0 radical (unpaired) electrons. The zero-order valence-electron chi connectivity index (χ0n) is 13.2. The topological polar surface area (TPSA) is 84.2 Å². The van der Waals surface area contributed by atoms with Crippen molar-refractivity contribution in [1.29, 1.82) is 0 Å². The number of carbonyl (C=O) groups is 2. The van der Waals surface area contributed by atoms with Gasteiger partial charge in [-0.3, -0.25) is 9.48 Å². The van der Waals surface area contributed by atoms with Crippen molar-refractivity contribution in [3.8, 4) is 0 Å². The second-order valence-electron chi connectivity index (χ2n) is 5.55. The third kappa shape index (κ3) is 3.88. The molecule has 1 unspecified atom stereocenters. The van der Waals surface area contributed by atoms with Crippen LogP contribution in [-0.4, -0.2) is 26.8 Å². The Labute approximate surface area is 149 Å². The van der Waals surface area contributed by atoms with Crippen LogP contribution in [-0.2, 0) is 28.6 Å². The number of carbonyl (C=O) groups excluding carboxylic acids is 1. The molecule has 128 valence electrons. The van der Waals surface area contributed by atoms with Crippen LogP contribution in [0, 0.1) is 0 Å². The summed E-state index contributed by atoms with van der Waals surface area (Å²) >= 11 is 11.8. The van der Waals surface area contributed by atoms with Gasteiger partial charge in [-0.05, 0) is 37.1 Å². The Hall–Kier alpha value is -2.05. The maximum absolute atomic E-state index is 12.2. The summed E-state index contributed by atoms with van der Waals surface area (Å²) in [6.45, 7) is 1.41. The van der Waals surface area contributed by atoms with E-state index in [0.717, 1.165) is 5.69 Å². The molecule has 2 N–H and O–H groups in total. The number of hydrogen-bond acceptors (Lipinski definition) is 3. The van der Waals surface area contributed by atoms with Crippen molar-refractivity contribution >= 4 is 35.1 Å². The highest BCUT2D eigenvalue weighted by Gasteiger charge is 2.37. The summed E-state index contributed by atoms with van der Waals surface area (Å²) < 4.78 is 1.67. The zero-order chi connectivity index (χ0) is 17.9. The molecule has 0 spiro atoms. The number of carboxylic acid groups (broad SMARTS) is 1. The molecule has 1 aromatic carbocycles. The van der Waals surface area contributed by atoms with E-state index in [1.807, 2.05) is 6.07 Å². The molecule has 0 fully saturated rings. The summed E-state index contributed by atoms with van der Waals surface area (Å²) in [4.78, 5) is 24.0. The Morgan fingerprint density at radius 3 is 2.54 bits per heavy atom. The summed E-state index contributed by atoms with van der Waals surface area (Å²) in [6.07, 6.45) is 2.24. The van der Waals surface area contributed by atoms with Gasteiger partial charge in [0.05, 0.1) is 10.0 Å². The Balaban J connectivity index is 2.15. The van der Waals surface area contributed by atoms with Crippen LogP contribution in [0.5, 0.6) is 0 Å². The average molecular weight is 370 g/mol. The van der Waals surface area contributed by atoms with Gasteiger partial charge in [0.25, 0.3) is 0 Å². The van der Waals surface area contributed by atoms with E-state index in [1.54, 1.807) is 17.9 Å². The van der Waals surface area contributed by atoms with Crippen LogP contribution in [0.1, 0.15) is 24.6 Å². The fourth-order valence-corrected chi connectivity index (χ4v) is 2.58. The number of benzene rings is 1. The Morgan fingerprint density at radius 1 is 1.29 bits per heavy atom. The molecule has 1 atom stereocenters. The van der Waals surface area contributed by atoms with Crippen molar-refractivity contribution in [2.24, 2.45) is 7.05 Å². The predicted octanol–water partition coefficient (Wildman–Crippen LogP) is 2.78. The molecule has 0 aliphatic carbocycles. The largest absolute Gasteiger partial charge is 0.479 e. The quantitative estimate of drug-likeness (QED) is 0.819. The van der Waals surface area contributed by atoms with Gasteiger partial charge in [-0.25, -0.2) is 4.79 Å². The number of nitrogens with one attached hydrogen (secondary N) is 1. The van der Waals surface area contributed by atoms with Crippen LogP contribution in [0.25, 0.3) is 0 Å². The minimum Gasteiger partial charge on any atom is -0.479 e. The second-order valence-corrected chi connectivity index (χ2v) is 6.37. The van der Waals surface area contributed by atoms with Crippen molar-refractivity contribution in [2.45, 2.75) is 25.3 Å². The van der Waals surface area contributed by atoms with E-state index >= 15 is 0 Å². The van der Waals surface area contributed by atoms with Crippen molar-refractivity contribution in [3.05, 3.63) is 51.8 Å². The Morgan fingerprint density at radius 2 is 2.00 bits per heavy atom. The predicted molar refractivity (Wildman–Crippen MR) is 91.1 cm³/mol. The SMILES string of the molecule is Cn1nccc1CCC(=O)NC(C)(C(=O)O)c1ccc(Cl)c(Cl)c1. The minimum absolute atomic E-state index is 0.143. The van der Waals surface area contributed by atoms with E-state index in [2.05, 4.69) is 10.4 Å². The average Bonchev–Trinajstić information content (AvgIpc) is 2.92. The van der Waals surface area contributed by atoms with Crippen LogP contribution in [0.3, 0.4) is 0 Å². The van der Waals surface area contributed by atoms with Crippen molar-refractivity contribution < 1.29 is 14.7 Å². The van der Waals surface area contributed by atoms with Crippen molar-refractivity contribution in [3.63, 3.8) is 0 Å². The van der Waals surface area contributed by atoms with Crippen LogP contribution >= 0.6 is 23.2 Å². The van der Waals surface area contributed by atoms with Gasteiger partial charge in [0.15, 0.2) is 5.54 Å². The van der Waals surface area contributed by atoms with Crippen LogP contribution in [0.15, 0.2) is 30.5 Å². The molecule has 0 aliphatic heterocycles. The Kier molecular flexibility index (Phi) is 5.51.